The Labute approximate surface area is 189 Å². The molecule has 1 aromatic heterocycles. The van der Waals surface area contributed by atoms with Gasteiger partial charge in [-0.2, -0.15) is 13.2 Å². The van der Waals surface area contributed by atoms with Crippen molar-refractivity contribution in [3.05, 3.63) is 71.7 Å². The lowest BCUT2D eigenvalue weighted by Gasteiger charge is -2.51. The SMILES string of the molecule is O=C(Nc1ccccc1C(F)(F)F)C1CC2(CCC(c3ccnc4ccc(F)cc34)CC2)C1. The van der Waals surface area contributed by atoms with E-state index in [4.69, 9.17) is 0 Å². The van der Waals surface area contributed by atoms with Gasteiger partial charge in [-0.1, -0.05) is 12.1 Å². The standard InChI is InChI=1S/C26H24F4N2O/c27-18-5-6-22-20(13-18)19(9-12-31-22)16-7-10-25(11-8-16)14-17(15-25)24(33)32-23-4-2-1-3-21(23)26(28,29)30/h1-6,9,12-13,16-17H,7-8,10-11,14-15H2,(H,32,33). The van der Waals surface area contributed by atoms with Gasteiger partial charge in [0.15, 0.2) is 0 Å². The highest BCUT2D eigenvalue weighted by molar-refractivity contribution is 5.94. The molecule has 0 radical (unpaired) electrons. The van der Waals surface area contributed by atoms with E-state index < -0.39 is 11.7 Å². The van der Waals surface area contributed by atoms with Gasteiger partial charge < -0.3 is 5.32 Å². The molecule has 1 spiro atoms. The van der Waals surface area contributed by atoms with Gasteiger partial charge in [-0.15, -0.1) is 0 Å². The minimum Gasteiger partial charge on any atom is -0.325 e. The molecule has 1 amide bonds. The Bertz CT molecular complexity index is 1190. The number of nitrogens with one attached hydrogen (secondary N) is 1. The molecule has 0 aliphatic heterocycles. The highest BCUT2D eigenvalue weighted by atomic mass is 19.4. The van der Waals surface area contributed by atoms with Crippen molar-refractivity contribution in [1.82, 2.24) is 4.98 Å². The van der Waals surface area contributed by atoms with E-state index in [9.17, 15) is 22.4 Å². The van der Waals surface area contributed by atoms with Crippen LogP contribution in [0.4, 0.5) is 23.2 Å². The van der Waals surface area contributed by atoms with Gasteiger partial charge in [0.05, 0.1) is 16.8 Å². The second-order valence-electron chi connectivity index (χ2n) is 9.47. The lowest BCUT2D eigenvalue weighted by atomic mass is 9.54. The molecule has 1 heterocycles. The van der Waals surface area contributed by atoms with Gasteiger partial charge in [-0.3, -0.25) is 9.78 Å². The van der Waals surface area contributed by atoms with Crippen molar-refractivity contribution in [3.63, 3.8) is 0 Å². The number of aromatic nitrogens is 1. The molecule has 0 atom stereocenters. The van der Waals surface area contributed by atoms with Crippen LogP contribution in [-0.2, 0) is 11.0 Å². The number of fused-ring (bicyclic) bond motifs is 1. The van der Waals surface area contributed by atoms with Crippen molar-refractivity contribution in [2.75, 3.05) is 5.32 Å². The van der Waals surface area contributed by atoms with Crippen LogP contribution in [0.2, 0.25) is 0 Å². The number of hydrogen-bond acceptors (Lipinski definition) is 2. The number of pyridine rings is 1. The number of nitrogens with zero attached hydrogens (tertiary/aromatic N) is 1. The molecule has 0 saturated heterocycles. The third-order valence-corrected chi connectivity index (χ3v) is 7.44. The van der Waals surface area contributed by atoms with Crippen LogP contribution < -0.4 is 5.32 Å². The Morgan fingerprint density at radius 3 is 2.48 bits per heavy atom. The zero-order chi connectivity index (χ0) is 23.2. The number of carbonyl (C=O) groups excluding carboxylic acids is 1. The summed E-state index contributed by atoms with van der Waals surface area (Å²) in [6.07, 6.45) is 2.46. The molecule has 2 saturated carbocycles. The van der Waals surface area contributed by atoms with Gasteiger partial charge in [0.1, 0.15) is 5.82 Å². The highest BCUT2D eigenvalue weighted by Crippen LogP contribution is 2.57. The first-order valence-electron chi connectivity index (χ1n) is 11.3. The molecule has 1 N–H and O–H groups in total. The van der Waals surface area contributed by atoms with Crippen LogP contribution in [0.25, 0.3) is 10.9 Å². The predicted octanol–water partition coefficient (Wildman–Crippen LogP) is 7.09. The number of alkyl halides is 3. The minimum absolute atomic E-state index is 0.0795. The number of hydrogen-bond donors (Lipinski definition) is 1. The van der Waals surface area contributed by atoms with Crippen LogP contribution in [0, 0.1) is 17.2 Å². The lowest BCUT2D eigenvalue weighted by Crippen LogP contribution is -2.45. The van der Waals surface area contributed by atoms with Crippen LogP contribution in [0.15, 0.2) is 54.7 Å². The van der Waals surface area contributed by atoms with E-state index in [0.29, 0.717) is 18.8 Å². The van der Waals surface area contributed by atoms with E-state index in [1.807, 2.05) is 6.07 Å². The summed E-state index contributed by atoms with van der Waals surface area (Å²) in [7, 11) is 0. The molecule has 172 valence electrons. The Hall–Kier alpha value is -2.96. The third kappa shape index (κ3) is 4.21. The molecule has 2 aliphatic rings. The summed E-state index contributed by atoms with van der Waals surface area (Å²) in [6.45, 7) is 0. The number of benzene rings is 2. The summed E-state index contributed by atoms with van der Waals surface area (Å²) < 4.78 is 53.4. The molecule has 0 unspecified atom stereocenters. The molecule has 2 aromatic carbocycles. The van der Waals surface area contributed by atoms with Crippen LogP contribution in [0.1, 0.15) is 55.6 Å². The van der Waals surface area contributed by atoms with Gasteiger partial charge in [-0.05, 0) is 91.8 Å². The molecule has 7 heteroatoms. The number of amides is 1. The molecule has 5 rings (SSSR count). The summed E-state index contributed by atoms with van der Waals surface area (Å²) in [5.41, 5.74) is 0.974. The first kappa shape index (κ1) is 21.9. The van der Waals surface area contributed by atoms with E-state index in [1.165, 1.54) is 24.3 Å². The third-order valence-electron chi connectivity index (χ3n) is 7.44. The monoisotopic (exact) mass is 456 g/mol. The summed E-state index contributed by atoms with van der Waals surface area (Å²) in [4.78, 5) is 17.0. The number of carbonyl (C=O) groups is 1. The number of halogens is 4. The van der Waals surface area contributed by atoms with Crippen molar-refractivity contribution >= 4 is 22.5 Å². The highest BCUT2D eigenvalue weighted by Gasteiger charge is 2.49. The van der Waals surface area contributed by atoms with Crippen molar-refractivity contribution in [1.29, 1.82) is 0 Å². The lowest BCUT2D eigenvalue weighted by molar-refractivity contribution is -0.137. The number of anilines is 1. The molecular weight excluding hydrogens is 432 g/mol. The molecule has 2 aliphatic carbocycles. The van der Waals surface area contributed by atoms with Gasteiger partial charge in [0.25, 0.3) is 0 Å². The summed E-state index contributed by atoms with van der Waals surface area (Å²) in [5.74, 6) is -0.563. The van der Waals surface area contributed by atoms with Gasteiger partial charge in [0.2, 0.25) is 5.91 Å². The van der Waals surface area contributed by atoms with Gasteiger partial charge >= 0.3 is 6.18 Å². The van der Waals surface area contributed by atoms with Crippen LogP contribution in [0.5, 0.6) is 0 Å². The molecular formula is C26H24F4N2O. The van der Waals surface area contributed by atoms with Crippen molar-refractivity contribution < 1.29 is 22.4 Å². The molecule has 33 heavy (non-hydrogen) atoms. The maximum absolute atomic E-state index is 13.8. The fraction of sp³-hybridized carbons (Fsp3) is 0.385. The molecule has 3 aromatic rings. The summed E-state index contributed by atoms with van der Waals surface area (Å²) in [5, 5.41) is 3.35. The second kappa shape index (κ2) is 8.12. The first-order valence-corrected chi connectivity index (χ1v) is 11.3. The van der Waals surface area contributed by atoms with E-state index in [-0.39, 0.29) is 28.7 Å². The van der Waals surface area contributed by atoms with Crippen molar-refractivity contribution in [3.8, 4) is 0 Å². The maximum Gasteiger partial charge on any atom is 0.418 e. The molecule has 0 bridgehead atoms. The largest absolute Gasteiger partial charge is 0.418 e. The van der Waals surface area contributed by atoms with Crippen molar-refractivity contribution in [2.45, 2.75) is 50.6 Å². The number of para-hydroxylation sites is 1. The smallest absolute Gasteiger partial charge is 0.325 e. The second-order valence-corrected chi connectivity index (χ2v) is 9.47. The summed E-state index contributed by atoms with van der Waals surface area (Å²) >= 11 is 0. The van der Waals surface area contributed by atoms with E-state index in [0.717, 1.165) is 48.2 Å². The maximum atomic E-state index is 13.8. The first-order chi connectivity index (χ1) is 15.7. The number of rotatable bonds is 3. The topological polar surface area (TPSA) is 42.0 Å². The fourth-order valence-electron chi connectivity index (χ4n) is 5.69. The molecule has 2 fully saturated rings. The van der Waals surface area contributed by atoms with E-state index >= 15 is 0 Å². The van der Waals surface area contributed by atoms with E-state index in [2.05, 4.69) is 10.3 Å². The minimum atomic E-state index is -4.51. The zero-order valence-corrected chi connectivity index (χ0v) is 18.0. The van der Waals surface area contributed by atoms with Crippen LogP contribution in [0.3, 0.4) is 0 Å². The molecule has 3 nitrogen and oxygen atoms in total. The van der Waals surface area contributed by atoms with Gasteiger partial charge in [0, 0.05) is 17.5 Å². The fourth-order valence-corrected chi connectivity index (χ4v) is 5.69. The van der Waals surface area contributed by atoms with E-state index in [1.54, 1.807) is 18.3 Å². The van der Waals surface area contributed by atoms with Gasteiger partial charge in [-0.25, -0.2) is 4.39 Å². The normalized spacial score (nSPS) is 25.1. The van der Waals surface area contributed by atoms with Crippen molar-refractivity contribution in [2.24, 2.45) is 11.3 Å². The Morgan fingerprint density at radius 1 is 1.03 bits per heavy atom. The van der Waals surface area contributed by atoms with Crippen LogP contribution >= 0.6 is 0 Å². The summed E-state index contributed by atoms with van der Waals surface area (Å²) in [6, 6.07) is 11.7. The zero-order valence-electron chi connectivity index (χ0n) is 18.0. The predicted molar refractivity (Wildman–Crippen MR) is 118 cm³/mol. The average molecular weight is 456 g/mol. The Balaban J connectivity index is 1.22. The Morgan fingerprint density at radius 2 is 1.76 bits per heavy atom. The van der Waals surface area contributed by atoms with Crippen LogP contribution in [-0.4, -0.2) is 10.9 Å². The quantitative estimate of drug-likeness (QED) is 0.428. The average Bonchev–Trinajstić information content (AvgIpc) is 2.77. The Kier molecular flexibility index (Phi) is 5.38.